The van der Waals surface area contributed by atoms with E-state index in [0.717, 1.165) is 71.9 Å². The molecule has 1 aromatic rings. The first kappa shape index (κ1) is 17.5. The fraction of sp³-hybridized carbons (Fsp3) is 0.765. The van der Waals surface area contributed by atoms with Crippen molar-refractivity contribution in [3.05, 3.63) is 18.0 Å². The van der Waals surface area contributed by atoms with Gasteiger partial charge in [0.1, 0.15) is 0 Å². The predicted octanol–water partition coefficient (Wildman–Crippen LogP) is 0.832. The van der Waals surface area contributed by atoms with E-state index in [-0.39, 0.29) is 0 Å². The van der Waals surface area contributed by atoms with Crippen molar-refractivity contribution < 1.29 is 9.47 Å². The third-order valence-corrected chi connectivity index (χ3v) is 4.70. The molecule has 0 bridgehead atoms. The molecule has 0 aliphatic carbocycles. The van der Waals surface area contributed by atoms with E-state index in [1.54, 1.807) is 7.11 Å². The number of hydrogen-bond donors (Lipinski definition) is 1. The number of anilines is 1. The van der Waals surface area contributed by atoms with Gasteiger partial charge in [-0.1, -0.05) is 0 Å². The Morgan fingerprint density at radius 3 is 2.62 bits per heavy atom. The van der Waals surface area contributed by atoms with Crippen molar-refractivity contribution in [3.8, 4) is 0 Å². The molecule has 7 heteroatoms. The minimum absolute atomic E-state index is 0.308. The highest BCUT2D eigenvalue weighted by atomic mass is 16.5. The van der Waals surface area contributed by atoms with Crippen LogP contribution in [0.2, 0.25) is 0 Å². The molecule has 1 N–H and O–H groups in total. The average molecular weight is 335 g/mol. The molecule has 0 amide bonds. The molecule has 1 atom stereocenters. The molecule has 3 rings (SSSR count). The summed E-state index contributed by atoms with van der Waals surface area (Å²) in [5.41, 5.74) is 1.17. The van der Waals surface area contributed by atoms with E-state index in [1.165, 1.54) is 5.56 Å². The van der Waals surface area contributed by atoms with Gasteiger partial charge in [-0.3, -0.25) is 9.80 Å². The van der Waals surface area contributed by atoms with E-state index >= 15 is 0 Å². The number of piperazine rings is 1. The van der Waals surface area contributed by atoms with Crippen LogP contribution in [0, 0.1) is 0 Å². The number of methoxy groups -OCH3 is 1. The molecule has 24 heavy (non-hydrogen) atoms. The molecule has 0 unspecified atom stereocenters. The molecule has 2 saturated heterocycles. The maximum absolute atomic E-state index is 5.60. The Morgan fingerprint density at radius 1 is 1.21 bits per heavy atom. The van der Waals surface area contributed by atoms with Gasteiger partial charge in [-0.25, -0.2) is 9.97 Å². The van der Waals surface area contributed by atoms with Gasteiger partial charge < -0.3 is 14.8 Å². The molecule has 0 aromatic carbocycles. The lowest BCUT2D eigenvalue weighted by molar-refractivity contribution is 0.0937. The Morgan fingerprint density at radius 2 is 1.96 bits per heavy atom. The van der Waals surface area contributed by atoms with Crippen molar-refractivity contribution in [1.29, 1.82) is 0 Å². The zero-order chi connectivity index (χ0) is 16.6. The van der Waals surface area contributed by atoms with Crippen molar-refractivity contribution in [2.24, 2.45) is 0 Å². The molecule has 2 fully saturated rings. The number of ether oxygens (including phenoxy) is 2. The highest BCUT2D eigenvalue weighted by Gasteiger charge is 2.17. The Hall–Kier alpha value is -1.28. The number of rotatable bonds is 8. The first-order chi connectivity index (χ1) is 11.8. The van der Waals surface area contributed by atoms with Gasteiger partial charge in [0.15, 0.2) is 0 Å². The molecule has 134 valence electrons. The van der Waals surface area contributed by atoms with Crippen LogP contribution in [-0.2, 0) is 16.0 Å². The van der Waals surface area contributed by atoms with E-state index < -0.39 is 0 Å². The molecule has 0 radical (unpaired) electrons. The number of hydrogen-bond acceptors (Lipinski definition) is 7. The van der Waals surface area contributed by atoms with Crippen molar-refractivity contribution in [2.75, 3.05) is 64.9 Å². The van der Waals surface area contributed by atoms with E-state index in [0.29, 0.717) is 12.1 Å². The van der Waals surface area contributed by atoms with Gasteiger partial charge >= 0.3 is 0 Å². The summed E-state index contributed by atoms with van der Waals surface area (Å²) >= 11 is 0. The average Bonchev–Trinajstić information content (AvgIpc) is 3.14. The minimum atomic E-state index is 0.308. The highest BCUT2D eigenvalue weighted by Crippen LogP contribution is 2.13. The van der Waals surface area contributed by atoms with E-state index in [9.17, 15) is 0 Å². The van der Waals surface area contributed by atoms with Crippen LogP contribution in [0.5, 0.6) is 0 Å². The predicted molar refractivity (Wildman–Crippen MR) is 93.1 cm³/mol. The summed E-state index contributed by atoms with van der Waals surface area (Å²) in [4.78, 5) is 13.8. The maximum atomic E-state index is 5.60. The van der Waals surface area contributed by atoms with Gasteiger partial charge in [0.05, 0.1) is 12.7 Å². The molecule has 2 aliphatic rings. The summed E-state index contributed by atoms with van der Waals surface area (Å²) in [5, 5.41) is 3.26. The van der Waals surface area contributed by atoms with Gasteiger partial charge in [-0.2, -0.15) is 0 Å². The fourth-order valence-corrected chi connectivity index (χ4v) is 3.19. The topological polar surface area (TPSA) is 62.8 Å². The second-order valence-corrected chi connectivity index (χ2v) is 6.54. The van der Waals surface area contributed by atoms with Crippen molar-refractivity contribution >= 4 is 5.95 Å². The molecule has 3 heterocycles. The largest absolute Gasteiger partial charge is 0.383 e. The lowest BCUT2D eigenvalue weighted by atomic mass is 10.2. The summed E-state index contributed by atoms with van der Waals surface area (Å²) in [5.74, 6) is 0.693. The van der Waals surface area contributed by atoms with Crippen LogP contribution in [0.3, 0.4) is 0 Å². The molecule has 1 aromatic heterocycles. The van der Waals surface area contributed by atoms with E-state index in [2.05, 4.69) is 25.1 Å². The second-order valence-electron chi connectivity index (χ2n) is 6.54. The summed E-state index contributed by atoms with van der Waals surface area (Å²) < 4.78 is 10.7. The highest BCUT2D eigenvalue weighted by molar-refractivity contribution is 5.24. The summed E-state index contributed by atoms with van der Waals surface area (Å²) in [6.07, 6.45) is 6.46. The van der Waals surface area contributed by atoms with Crippen molar-refractivity contribution in [2.45, 2.75) is 25.5 Å². The molecule has 0 spiro atoms. The summed E-state index contributed by atoms with van der Waals surface area (Å²) in [6, 6.07) is 0. The van der Waals surface area contributed by atoms with Gasteiger partial charge in [0.2, 0.25) is 5.95 Å². The van der Waals surface area contributed by atoms with Crippen LogP contribution in [0.4, 0.5) is 5.95 Å². The monoisotopic (exact) mass is 335 g/mol. The number of aromatic nitrogens is 2. The molecule has 7 nitrogen and oxygen atoms in total. The zero-order valence-electron chi connectivity index (χ0n) is 14.6. The third-order valence-electron chi connectivity index (χ3n) is 4.70. The third kappa shape index (κ3) is 5.37. The zero-order valence-corrected chi connectivity index (χ0v) is 14.6. The number of nitrogens with one attached hydrogen (secondary N) is 1. The van der Waals surface area contributed by atoms with Gasteiger partial charge in [-0.15, -0.1) is 0 Å². The second kappa shape index (κ2) is 9.27. The molecule has 2 aliphatic heterocycles. The van der Waals surface area contributed by atoms with Gasteiger partial charge in [-0.05, 0) is 12.8 Å². The minimum Gasteiger partial charge on any atom is -0.383 e. The SMILES string of the molecule is COCCN1CCN(Cc2cnc(NC[C@@H]3CCCO3)nc2)CC1. The molecular formula is C17H29N5O2. The van der Waals surface area contributed by atoms with E-state index in [4.69, 9.17) is 9.47 Å². The van der Waals surface area contributed by atoms with Gasteiger partial charge in [0, 0.05) is 77.5 Å². The maximum Gasteiger partial charge on any atom is 0.222 e. The first-order valence-corrected chi connectivity index (χ1v) is 8.93. The number of nitrogens with zero attached hydrogens (tertiary/aromatic N) is 4. The van der Waals surface area contributed by atoms with Crippen molar-refractivity contribution in [3.63, 3.8) is 0 Å². The Labute approximate surface area is 144 Å². The quantitative estimate of drug-likeness (QED) is 0.755. The Bertz CT molecular complexity index is 470. The molecule has 0 saturated carbocycles. The first-order valence-electron chi connectivity index (χ1n) is 8.93. The van der Waals surface area contributed by atoms with Crippen LogP contribution in [0.15, 0.2) is 12.4 Å². The van der Waals surface area contributed by atoms with E-state index in [1.807, 2.05) is 12.4 Å². The van der Waals surface area contributed by atoms with Crippen LogP contribution < -0.4 is 5.32 Å². The lowest BCUT2D eigenvalue weighted by Gasteiger charge is -2.34. The normalized spacial score (nSPS) is 22.8. The fourth-order valence-electron chi connectivity index (χ4n) is 3.19. The van der Waals surface area contributed by atoms with Crippen LogP contribution in [-0.4, -0.2) is 85.5 Å². The van der Waals surface area contributed by atoms with Gasteiger partial charge in [0.25, 0.3) is 0 Å². The smallest absolute Gasteiger partial charge is 0.222 e. The van der Waals surface area contributed by atoms with Crippen LogP contribution in [0.25, 0.3) is 0 Å². The summed E-state index contributed by atoms with van der Waals surface area (Å²) in [6.45, 7) is 8.81. The Balaban J connectivity index is 1.38. The Kier molecular flexibility index (Phi) is 6.77. The van der Waals surface area contributed by atoms with Crippen LogP contribution >= 0.6 is 0 Å². The lowest BCUT2D eigenvalue weighted by Crippen LogP contribution is -2.46. The van der Waals surface area contributed by atoms with Crippen LogP contribution in [0.1, 0.15) is 18.4 Å². The standard InChI is InChI=1S/C17H29N5O2/c1-23-10-8-21-4-6-22(7-5-21)14-15-11-18-17(19-12-15)20-13-16-3-2-9-24-16/h11-12,16H,2-10,13-14H2,1H3,(H,18,19,20)/t16-/m0/s1. The van der Waals surface area contributed by atoms with Crippen molar-refractivity contribution in [1.82, 2.24) is 19.8 Å². The summed E-state index contributed by atoms with van der Waals surface area (Å²) in [7, 11) is 1.76. The molecular weight excluding hydrogens is 306 g/mol.